The summed E-state index contributed by atoms with van der Waals surface area (Å²) in [6.07, 6.45) is 7.92. The summed E-state index contributed by atoms with van der Waals surface area (Å²) in [7, 11) is 0. The Morgan fingerprint density at radius 2 is 2.04 bits per heavy atom. The molecule has 2 bridgehead atoms. The fourth-order valence-electron chi connectivity index (χ4n) is 4.72. The Hall–Kier alpha value is -2.18. The van der Waals surface area contributed by atoms with Gasteiger partial charge in [0, 0.05) is 11.5 Å². The van der Waals surface area contributed by atoms with Crippen molar-refractivity contribution in [3.8, 4) is 0 Å². The van der Waals surface area contributed by atoms with E-state index < -0.39 is 0 Å². The Kier molecular flexibility index (Phi) is 3.12. The summed E-state index contributed by atoms with van der Waals surface area (Å²) in [5.41, 5.74) is 1.21. The van der Waals surface area contributed by atoms with Gasteiger partial charge in [-0.3, -0.25) is 9.59 Å². The quantitative estimate of drug-likeness (QED) is 0.914. The molecule has 0 aromatic carbocycles. The molecule has 0 radical (unpaired) electrons. The van der Waals surface area contributed by atoms with Crippen LogP contribution in [0.4, 0.5) is 0 Å². The van der Waals surface area contributed by atoms with E-state index in [9.17, 15) is 9.59 Å². The number of amides is 1. The van der Waals surface area contributed by atoms with Crippen molar-refractivity contribution in [2.45, 2.75) is 69.9 Å². The van der Waals surface area contributed by atoms with Crippen LogP contribution in [-0.2, 0) is 11.3 Å². The second kappa shape index (κ2) is 5.16. The van der Waals surface area contributed by atoms with Gasteiger partial charge in [0.15, 0.2) is 0 Å². The molecule has 2 heterocycles. The number of carbonyl (C=O) groups is 1. The maximum atomic E-state index is 12.7. The lowest BCUT2D eigenvalue weighted by Gasteiger charge is -2.28. The highest BCUT2D eigenvalue weighted by atomic mass is 16.2. The number of hydrogen-bond donors (Lipinski definition) is 1. The van der Waals surface area contributed by atoms with Gasteiger partial charge in [-0.25, -0.2) is 9.20 Å². The predicted molar refractivity (Wildman–Crippen MR) is 91.4 cm³/mol. The zero-order valence-electron chi connectivity index (χ0n) is 14.5. The highest BCUT2D eigenvalue weighted by molar-refractivity contribution is 5.76. The van der Waals surface area contributed by atoms with Gasteiger partial charge in [0.2, 0.25) is 5.91 Å². The van der Waals surface area contributed by atoms with Crippen molar-refractivity contribution in [3.63, 3.8) is 0 Å². The van der Waals surface area contributed by atoms with Crippen molar-refractivity contribution in [1.82, 2.24) is 24.7 Å². The average molecular weight is 341 g/mol. The molecule has 0 atom stereocenters. The van der Waals surface area contributed by atoms with Crippen LogP contribution in [0.15, 0.2) is 10.9 Å². The lowest BCUT2D eigenvalue weighted by molar-refractivity contribution is -0.123. The highest BCUT2D eigenvalue weighted by Crippen LogP contribution is 2.47. The maximum Gasteiger partial charge on any atom is 0.293 e. The van der Waals surface area contributed by atoms with E-state index in [-0.39, 0.29) is 23.6 Å². The molecule has 3 aliphatic rings. The van der Waals surface area contributed by atoms with Gasteiger partial charge in [-0.1, -0.05) is 0 Å². The molecule has 2 aromatic heterocycles. The van der Waals surface area contributed by atoms with Crippen molar-refractivity contribution in [2.75, 3.05) is 0 Å². The number of nitrogens with one attached hydrogen (secondary N) is 1. The summed E-state index contributed by atoms with van der Waals surface area (Å²) >= 11 is 0. The molecule has 3 fully saturated rings. The molecule has 0 saturated heterocycles. The van der Waals surface area contributed by atoms with Crippen LogP contribution in [0.3, 0.4) is 0 Å². The number of hydrogen-bond acceptors (Lipinski definition) is 4. The number of nitrogens with zero attached hydrogens (tertiary/aromatic N) is 4. The van der Waals surface area contributed by atoms with Crippen LogP contribution in [0.5, 0.6) is 0 Å². The fraction of sp³-hybridized carbons (Fsp3) is 0.667. The second-order valence-corrected chi connectivity index (χ2v) is 8.13. The number of rotatable bonds is 4. The Bertz CT molecular complexity index is 915. The summed E-state index contributed by atoms with van der Waals surface area (Å²) in [5, 5.41) is 12.0. The van der Waals surface area contributed by atoms with E-state index in [1.807, 2.05) is 13.0 Å². The average Bonchev–Trinajstić information content (AvgIpc) is 3.04. The summed E-state index contributed by atoms with van der Waals surface area (Å²) in [5.74, 6) is 1.77. The molecule has 7 nitrogen and oxygen atoms in total. The van der Waals surface area contributed by atoms with Gasteiger partial charge in [0.25, 0.3) is 5.56 Å². The second-order valence-electron chi connectivity index (χ2n) is 8.13. The smallest absolute Gasteiger partial charge is 0.293 e. The van der Waals surface area contributed by atoms with Crippen LogP contribution >= 0.6 is 0 Å². The largest absolute Gasteiger partial charge is 0.349 e. The monoisotopic (exact) mass is 341 g/mol. The molecule has 132 valence electrons. The Morgan fingerprint density at radius 1 is 1.28 bits per heavy atom. The Morgan fingerprint density at radius 3 is 2.68 bits per heavy atom. The van der Waals surface area contributed by atoms with E-state index >= 15 is 0 Å². The molecule has 0 unspecified atom stereocenters. The van der Waals surface area contributed by atoms with E-state index in [4.69, 9.17) is 0 Å². The third-order valence-corrected chi connectivity index (χ3v) is 6.19. The van der Waals surface area contributed by atoms with Gasteiger partial charge in [0.05, 0.1) is 5.69 Å². The zero-order valence-corrected chi connectivity index (χ0v) is 14.5. The first-order chi connectivity index (χ1) is 12.0. The molecular formula is C18H23N5O2. The first-order valence-electron chi connectivity index (χ1n) is 9.31. The normalized spacial score (nSPS) is 28.0. The minimum Gasteiger partial charge on any atom is -0.349 e. The topological polar surface area (TPSA) is 81.3 Å². The highest BCUT2D eigenvalue weighted by Gasteiger charge is 2.45. The van der Waals surface area contributed by atoms with Crippen LogP contribution in [0.1, 0.15) is 62.4 Å². The third-order valence-electron chi connectivity index (χ3n) is 6.19. The van der Waals surface area contributed by atoms with Gasteiger partial charge in [-0.05, 0) is 63.9 Å². The minimum absolute atomic E-state index is 0.0213. The maximum absolute atomic E-state index is 12.7. The van der Waals surface area contributed by atoms with E-state index in [1.165, 1.54) is 17.5 Å². The molecule has 2 aromatic rings. The molecular weight excluding hydrogens is 318 g/mol. The van der Waals surface area contributed by atoms with Crippen molar-refractivity contribution in [2.24, 2.45) is 5.92 Å². The minimum atomic E-state index is -0.242. The molecule has 3 aliphatic carbocycles. The van der Waals surface area contributed by atoms with Crippen LogP contribution in [0, 0.1) is 12.8 Å². The first kappa shape index (κ1) is 15.1. The number of carbonyl (C=O) groups excluding carboxylic acids is 1. The first-order valence-corrected chi connectivity index (χ1v) is 9.31. The SMILES string of the molecule is Cc1nn(CC(=O)NC23CCC(CC2)C3)c(=O)c2cc(C3CC3)nn12. The van der Waals surface area contributed by atoms with Gasteiger partial charge in [0.1, 0.15) is 17.9 Å². The van der Waals surface area contributed by atoms with Crippen molar-refractivity contribution in [3.05, 3.63) is 27.9 Å². The van der Waals surface area contributed by atoms with Crippen molar-refractivity contribution in [1.29, 1.82) is 0 Å². The summed E-state index contributed by atoms with van der Waals surface area (Å²) in [6, 6.07) is 1.86. The fourth-order valence-corrected chi connectivity index (χ4v) is 4.72. The molecule has 5 rings (SSSR count). The van der Waals surface area contributed by atoms with Crippen LogP contribution in [0.2, 0.25) is 0 Å². The molecule has 0 aliphatic heterocycles. The van der Waals surface area contributed by atoms with E-state index in [0.29, 0.717) is 17.3 Å². The lowest BCUT2D eigenvalue weighted by Crippen LogP contribution is -2.47. The summed E-state index contributed by atoms with van der Waals surface area (Å²) in [6.45, 7) is 1.80. The van der Waals surface area contributed by atoms with Crippen molar-refractivity contribution >= 4 is 11.4 Å². The van der Waals surface area contributed by atoms with Crippen LogP contribution in [0.25, 0.3) is 5.52 Å². The lowest BCUT2D eigenvalue weighted by atomic mass is 9.94. The van der Waals surface area contributed by atoms with E-state index in [0.717, 1.165) is 43.7 Å². The van der Waals surface area contributed by atoms with Gasteiger partial charge in [-0.15, -0.1) is 0 Å². The van der Waals surface area contributed by atoms with Gasteiger partial charge < -0.3 is 5.32 Å². The van der Waals surface area contributed by atoms with Crippen LogP contribution < -0.4 is 10.9 Å². The molecule has 1 amide bonds. The van der Waals surface area contributed by atoms with Gasteiger partial charge >= 0.3 is 0 Å². The standard InChI is InChI=1S/C18H23N5O2/c1-11-20-22(10-16(24)19-18-6-4-12(9-18)5-7-18)17(25)15-8-14(13-2-3-13)21-23(11)15/h8,12-13H,2-7,9-10H2,1H3,(H,19,24). The van der Waals surface area contributed by atoms with E-state index in [2.05, 4.69) is 15.5 Å². The summed E-state index contributed by atoms with van der Waals surface area (Å²) in [4.78, 5) is 25.3. The summed E-state index contributed by atoms with van der Waals surface area (Å²) < 4.78 is 2.90. The number of aromatic nitrogens is 4. The number of aryl methyl sites for hydroxylation is 1. The molecule has 1 N–H and O–H groups in total. The van der Waals surface area contributed by atoms with Gasteiger partial charge in [-0.2, -0.15) is 10.2 Å². The Labute approximate surface area is 145 Å². The number of fused-ring (bicyclic) bond motifs is 3. The zero-order chi connectivity index (χ0) is 17.2. The molecule has 7 heteroatoms. The molecule has 0 spiro atoms. The van der Waals surface area contributed by atoms with E-state index in [1.54, 1.807) is 4.52 Å². The molecule has 3 saturated carbocycles. The predicted octanol–water partition coefficient (Wildman–Crippen LogP) is 1.53. The third kappa shape index (κ3) is 2.48. The Balaban J connectivity index is 1.41. The van der Waals surface area contributed by atoms with Crippen LogP contribution in [-0.4, -0.2) is 30.8 Å². The molecule has 25 heavy (non-hydrogen) atoms. The van der Waals surface area contributed by atoms with Crippen molar-refractivity contribution < 1.29 is 4.79 Å².